The van der Waals surface area contributed by atoms with Crippen LogP contribution in [0.4, 0.5) is 0 Å². The summed E-state index contributed by atoms with van der Waals surface area (Å²) in [5.74, 6) is 2.06. The van der Waals surface area contributed by atoms with Crippen LogP contribution < -0.4 is 4.74 Å². The van der Waals surface area contributed by atoms with E-state index >= 15 is 0 Å². The average molecular weight is 330 g/mol. The molecule has 1 aromatic carbocycles. The van der Waals surface area contributed by atoms with Crippen LogP contribution in [0.3, 0.4) is 0 Å². The lowest BCUT2D eigenvalue weighted by Gasteiger charge is -2.11. The number of hydrogen-bond acceptors (Lipinski definition) is 3. The second-order valence-electron chi connectivity index (χ2n) is 6.31. The van der Waals surface area contributed by atoms with Crippen LogP contribution in [-0.4, -0.2) is 25.5 Å². The van der Waals surface area contributed by atoms with Crippen molar-refractivity contribution < 1.29 is 4.74 Å². The second-order valence-corrected chi connectivity index (χ2v) is 6.31. The molecule has 124 valence electrons. The largest absolute Gasteiger partial charge is 0.493 e. The number of nitrogens with zero attached hydrogens (tertiary/aromatic N) is 4. The fourth-order valence-corrected chi connectivity index (χ4v) is 3.52. The maximum absolute atomic E-state index is 5.82. The highest BCUT2D eigenvalue weighted by atomic mass is 16.5. The third-order valence-corrected chi connectivity index (χ3v) is 4.78. The molecule has 4 heterocycles. The van der Waals surface area contributed by atoms with Crippen LogP contribution in [0, 0.1) is 0 Å². The lowest BCUT2D eigenvalue weighted by molar-refractivity contribution is 0.353. The zero-order valence-electron chi connectivity index (χ0n) is 13.8. The Labute approximate surface area is 145 Å². The minimum absolute atomic E-state index is 0.799. The molecule has 5 rings (SSSR count). The van der Waals surface area contributed by atoms with Gasteiger partial charge in [-0.1, -0.05) is 18.2 Å². The Balaban J connectivity index is 1.43. The molecule has 0 N–H and O–H groups in total. The number of ether oxygens (including phenoxy) is 1. The molecule has 1 aliphatic heterocycles. The standard InChI is InChI=1S/C20H18N4O/c1-2-15(19-16(3-1)7-13-25-19)6-10-23-11-9-22-20(23)17-4-5-18-21-8-12-24(18)14-17/h1-5,8-9,11-12,14H,6-7,10,13H2. The van der Waals surface area contributed by atoms with E-state index in [1.807, 2.05) is 35.3 Å². The number of benzene rings is 1. The van der Waals surface area contributed by atoms with Crippen LogP contribution in [-0.2, 0) is 19.4 Å². The maximum atomic E-state index is 5.82. The summed E-state index contributed by atoms with van der Waals surface area (Å²) >= 11 is 0. The highest BCUT2D eigenvalue weighted by molar-refractivity contribution is 5.58. The minimum Gasteiger partial charge on any atom is -0.493 e. The van der Waals surface area contributed by atoms with Crippen LogP contribution in [0.1, 0.15) is 11.1 Å². The summed E-state index contributed by atoms with van der Waals surface area (Å²) in [6, 6.07) is 10.6. The summed E-state index contributed by atoms with van der Waals surface area (Å²) < 4.78 is 10.0. The normalized spacial score (nSPS) is 13.1. The SMILES string of the molecule is c1cc2c(c(CCn3ccnc3-c3ccc4nccn4c3)c1)OCC2. The van der Waals surface area contributed by atoms with Gasteiger partial charge in [0.05, 0.1) is 6.61 Å². The van der Waals surface area contributed by atoms with Crippen molar-refractivity contribution in [2.75, 3.05) is 6.61 Å². The fraction of sp³-hybridized carbons (Fsp3) is 0.200. The fourth-order valence-electron chi connectivity index (χ4n) is 3.52. The lowest BCUT2D eigenvalue weighted by atomic mass is 10.1. The van der Waals surface area contributed by atoms with Gasteiger partial charge >= 0.3 is 0 Å². The Morgan fingerprint density at radius 2 is 2.00 bits per heavy atom. The Morgan fingerprint density at radius 1 is 1.04 bits per heavy atom. The number of pyridine rings is 1. The van der Waals surface area contributed by atoms with E-state index in [0.29, 0.717) is 0 Å². The van der Waals surface area contributed by atoms with Gasteiger partial charge in [0.15, 0.2) is 0 Å². The quantitative estimate of drug-likeness (QED) is 0.576. The van der Waals surface area contributed by atoms with Gasteiger partial charge in [-0.25, -0.2) is 9.97 Å². The number of aromatic nitrogens is 4. The van der Waals surface area contributed by atoms with E-state index in [0.717, 1.165) is 48.8 Å². The first-order valence-electron chi connectivity index (χ1n) is 8.56. The molecule has 3 aromatic heterocycles. The van der Waals surface area contributed by atoms with Crippen molar-refractivity contribution in [3.8, 4) is 17.1 Å². The van der Waals surface area contributed by atoms with E-state index in [1.54, 1.807) is 0 Å². The first-order chi connectivity index (χ1) is 12.4. The summed E-state index contributed by atoms with van der Waals surface area (Å²) in [4.78, 5) is 8.86. The van der Waals surface area contributed by atoms with Crippen LogP contribution in [0.25, 0.3) is 17.0 Å². The van der Waals surface area contributed by atoms with Gasteiger partial charge in [0.2, 0.25) is 0 Å². The van der Waals surface area contributed by atoms with Crippen LogP contribution in [0.5, 0.6) is 5.75 Å². The number of para-hydroxylation sites is 1. The molecule has 5 nitrogen and oxygen atoms in total. The molecule has 0 amide bonds. The van der Waals surface area contributed by atoms with Crippen LogP contribution in [0.15, 0.2) is 61.3 Å². The molecule has 0 spiro atoms. The van der Waals surface area contributed by atoms with Gasteiger partial charge in [-0.15, -0.1) is 0 Å². The smallest absolute Gasteiger partial charge is 0.141 e. The van der Waals surface area contributed by atoms with Crippen molar-refractivity contribution in [1.29, 1.82) is 0 Å². The second kappa shape index (κ2) is 5.77. The molecule has 25 heavy (non-hydrogen) atoms. The molecule has 5 heteroatoms. The van der Waals surface area contributed by atoms with Gasteiger partial charge in [0, 0.05) is 49.5 Å². The summed E-state index contributed by atoms with van der Waals surface area (Å²) in [6.45, 7) is 1.67. The number of hydrogen-bond donors (Lipinski definition) is 0. The van der Waals surface area contributed by atoms with Gasteiger partial charge < -0.3 is 13.7 Å². The molecule has 0 bridgehead atoms. The average Bonchev–Trinajstić information content (AvgIpc) is 3.38. The summed E-state index contributed by atoms with van der Waals surface area (Å²) in [5.41, 5.74) is 4.64. The molecule has 0 fully saturated rings. The Morgan fingerprint density at radius 3 is 3.00 bits per heavy atom. The number of imidazole rings is 2. The zero-order valence-corrected chi connectivity index (χ0v) is 13.8. The zero-order chi connectivity index (χ0) is 16.6. The molecular weight excluding hydrogens is 312 g/mol. The Hall–Kier alpha value is -3.08. The third kappa shape index (κ3) is 2.48. The van der Waals surface area contributed by atoms with Crippen molar-refractivity contribution in [3.63, 3.8) is 0 Å². The van der Waals surface area contributed by atoms with Crippen LogP contribution in [0.2, 0.25) is 0 Å². The Kier molecular flexibility index (Phi) is 3.30. The van der Waals surface area contributed by atoms with Gasteiger partial charge in [-0.2, -0.15) is 0 Å². The minimum atomic E-state index is 0.799. The van der Waals surface area contributed by atoms with Crippen molar-refractivity contribution in [1.82, 2.24) is 18.9 Å². The molecule has 0 aliphatic carbocycles. The highest BCUT2D eigenvalue weighted by Gasteiger charge is 2.16. The molecular formula is C20H18N4O. The van der Waals surface area contributed by atoms with Crippen molar-refractivity contribution in [2.24, 2.45) is 0 Å². The number of fused-ring (bicyclic) bond motifs is 2. The molecule has 0 radical (unpaired) electrons. The predicted molar refractivity (Wildman–Crippen MR) is 95.8 cm³/mol. The first-order valence-corrected chi connectivity index (χ1v) is 8.56. The number of aryl methyl sites for hydroxylation is 2. The van der Waals surface area contributed by atoms with Crippen molar-refractivity contribution >= 4 is 5.65 Å². The Bertz CT molecular complexity index is 1050. The van der Waals surface area contributed by atoms with E-state index in [4.69, 9.17) is 4.74 Å². The predicted octanol–water partition coefficient (Wildman–Crippen LogP) is 3.38. The molecule has 1 aliphatic rings. The van der Waals surface area contributed by atoms with Crippen molar-refractivity contribution in [3.05, 3.63) is 72.4 Å². The molecule has 0 unspecified atom stereocenters. The molecule has 0 atom stereocenters. The van der Waals surface area contributed by atoms with Gasteiger partial charge in [-0.05, 0) is 29.7 Å². The van der Waals surface area contributed by atoms with Crippen molar-refractivity contribution in [2.45, 2.75) is 19.4 Å². The number of rotatable bonds is 4. The van der Waals surface area contributed by atoms with E-state index < -0.39 is 0 Å². The maximum Gasteiger partial charge on any atom is 0.141 e. The molecule has 0 saturated heterocycles. The van der Waals surface area contributed by atoms with E-state index in [1.165, 1.54) is 11.1 Å². The summed E-state index contributed by atoms with van der Waals surface area (Å²) in [5, 5.41) is 0. The monoisotopic (exact) mass is 330 g/mol. The molecule has 0 saturated carbocycles. The summed E-state index contributed by atoms with van der Waals surface area (Å²) in [7, 11) is 0. The van der Waals surface area contributed by atoms with E-state index in [2.05, 4.69) is 45.0 Å². The van der Waals surface area contributed by atoms with Gasteiger partial charge in [0.1, 0.15) is 17.2 Å². The highest BCUT2D eigenvalue weighted by Crippen LogP contribution is 2.30. The topological polar surface area (TPSA) is 44.4 Å². The van der Waals surface area contributed by atoms with E-state index in [-0.39, 0.29) is 0 Å². The third-order valence-electron chi connectivity index (χ3n) is 4.78. The van der Waals surface area contributed by atoms with Crippen LogP contribution >= 0.6 is 0 Å². The first kappa shape index (κ1) is 14.3. The van der Waals surface area contributed by atoms with Gasteiger partial charge in [0.25, 0.3) is 0 Å². The lowest BCUT2D eigenvalue weighted by Crippen LogP contribution is -2.04. The summed E-state index contributed by atoms with van der Waals surface area (Å²) in [6.07, 6.45) is 11.7. The van der Waals surface area contributed by atoms with Gasteiger partial charge in [-0.3, -0.25) is 0 Å². The van der Waals surface area contributed by atoms with E-state index in [9.17, 15) is 0 Å². The molecule has 4 aromatic rings.